The first-order valence-corrected chi connectivity index (χ1v) is 8.05. The molecule has 0 aliphatic carbocycles. The maximum atomic E-state index is 10.2. The molecule has 0 aromatic carbocycles. The molecule has 0 saturated heterocycles. The van der Waals surface area contributed by atoms with E-state index in [1.807, 2.05) is 0 Å². The van der Waals surface area contributed by atoms with E-state index in [4.69, 9.17) is 21.7 Å². The van der Waals surface area contributed by atoms with Crippen LogP contribution >= 0.6 is 24.4 Å². The number of halogens is 2. The second-order valence-electron chi connectivity index (χ2n) is 4.87. The van der Waals surface area contributed by atoms with E-state index in [1.165, 1.54) is 0 Å². The van der Waals surface area contributed by atoms with Gasteiger partial charge in [-0.15, -0.1) is 0 Å². The van der Waals surface area contributed by atoms with Gasteiger partial charge >= 0.3 is 11.9 Å². The molecule has 0 radical (unpaired) electrons. The third kappa shape index (κ3) is 25.8. The predicted molar refractivity (Wildman–Crippen MR) is 96.7 cm³/mol. The predicted octanol–water partition coefficient (Wildman–Crippen LogP) is -9.40. The van der Waals surface area contributed by atoms with Crippen molar-refractivity contribution in [3.63, 3.8) is 0 Å². The third-order valence-electron chi connectivity index (χ3n) is 2.66. The van der Waals surface area contributed by atoms with Crippen molar-refractivity contribution in [2.75, 3.05) is 13.1 Å². The van der Waals surface area contributed by atoms with Gasteiger partial charge in [0.15, 0.2) is 0 Å². The number of rotatable bonds is 10. The largest absolute Gasteiger partial charge is 1.00 e. The Morgan fingerprint density at radius 3 is 1.31 bits per heavy atom. The molecule has 0 saturated carbocycles. The summed E-state index contributed by atoms with van der Waals surface area (Å²) in [7, 11) is 0. The van der Waals surface area contributed by atoms with E-state index in [0.29, 0.717) is 49.0 Å². The fourth-order valence-corrected chi connectivity index (χ4v) is 1.55. The maximum absolute atomic E-state index is 10.2. The Labute approximate surface area is 184 Å². The minimum Gasteiger partial charge on any atom is -1.00 e. The van der Waals surface area contributed by atoms with E-state index in [2.05, 4.69) is 46.5 Å². The highest BCUT2D eigenvalue weighted by molar-refractivity contribution is 7.80. The van der Waals surface area contributed by atoms with Crippen LogP contribution < -0.4 is 67.5 Å². The Balaban J connectivity index is -0.000000173. The van der Waals surface area contributed by atoms with Crippen molar-refractivity contribution in [1.82, 2.24) is 10.6 Å². The van der Waals surface area contributed by atoms with Crippen molar-refractivity contribution in [1.29, 1.82) is 0 Å². The lowest BCUT2D eigenvalue weighted by Gasteiger charge is -2.05. The molecule has 0 spiro atoms. The van der Waals surface area contributed by atoms with Gasteiger partial charge in [-0.25, -0.2) is 0 Å². The average molecular weight is 544 g/mol. The fraction of sp³-hybridized carbons (Fsp3) is 0.667. The maximum Gasteiger partial charge on any atom is 0.320 e. The van der Waals surface area contributed by atoms with Crippen LogP contribution in [0.4, 0.5) is 0 Å². The smallest absolute Gasteiger partial charge is 0.320 e. The van der Waals surface area contributed by atoms with Crippen LogP contribution in [-0.2, 0) is 9.59 Å². The Morgan fingerprint density at radius 2 is 1.12 bits per heavy atom. The van der Waals surface area contributed by atoms with Crippen LogP contribution in [0.5, 0.6) is 0 Å². The van der Waals surface area contributed by atoms with Gasteiger partial charge in [-0.2, -0.15) is 0 Å². The summed E-state index contributed by atoms with van der Waals surface area (Å²) in [4.78, 5) is 20.5. The van der Waals surface area contributed by atoms with Crippen molar-refractivity contribution in [2.45, 2.75) is 37.8 Å². The topological polar surface area (TPSA) is 206 Å². The molecule has 0 bridgehead atoms. The van der Waals surface area contributed by atoms with Crippen LogP contribution in [0.2, 0.25) is 0 Å². The summed E-state index contributed by atoms with van der Waals surface area (Å²) in [6.07, 6.45) is 2.27. The van der Waals surface area contributed by atoms with E-state index < -0.39 is 24.0 Å². The second kappa shape index (κ2) is 20.8. The first-order valence-electron chi connectivity index (χ1n) is 7.24. The molecule has 0 fully saturated rings. The van der Waals surface area contributed by atoms with Gasteiger partial charge in [0, 0.05) is 37.5 Å². The van der Waals surface area contributed by atoms with Crippen LogP contribution in [0, 0.1) is 0 Å². The average Bonchev–Trinajstić information content (AvgIpc) is 2.47. The highest BCUT2D eigenvalue weighted by Crippen LogP contribution is 1.93. The van der Waals surface area contributed by atoms with E-state index in [-0.39, 0.29) is 34.0 Å². The molecule has 0 amide bonds. The van der Waals surface area contributed by atoms with Gasteiger partial charge in [0.25, 0.3) is 10.2 Å². The van der Waals surface area contributed by atoms with Gasteiger partial charge in [-0.3, -0.25) is 9.59 Å². The molecule has 2 unspecified atom stereocenters. The molecule has 14 N–H and O–H groups in total. The first kappa shape index (κ1) is 33.1. The second-order valence-corrected chi connectivity index (χ2v) is 5.86. The number of nitrogens with two attached hydrogens (primary N) is 2. The number of quaternary nitrogens is 2. The quantitative estimate of drug-likeness (QED) is 0.0963. The molecular weight excluding hydrogens is 516 g/mol. The minimum atomic E-state index is -0.966. The van der Waals surface area contributed by atoms with Gasteiger partial charge in [0.1, 0.15) is 12.1 Å². The fourth-order valence-electron chi connectivity index (χ4n) is 1.35. The summed E-state index contributed by atoms with van der Waals surface area (Å²) < 4.78 is 0. The van der Waals surface area contributed by atoms with Gasteiger partial charge < -0.3 is 77.7 Å². The molecule has 0 rings (SSSR count). The molecule has 0 aliphatic rings. The number of hydrogen-bond donors (Lipinski definition) is 8. The van der Waals surface area contributed by atoms with Crippen molar-refractivity contribution < 1.29 is 65.2 Å². The van der Waals surface area contributed by atoms with E-state index in [0.717, 1.165) is 0 Å². The molecule has 26 heavy (non-hydrogen) atoms. The zero-order valence-electron chi connectivity index (χ0n) is 14.2. The van der Waals surface area contributed by atoms with Crippen molar-refractivity contribution in [2.24, 2.45) is 11.5 Å². The van der Waals surface area contributed by atoms with E-state index >= 15 is 0 Å². The Bertz CT molecular complexity index is 397. The molecule has 14 heteroatoms. The lowest BCUT2D eigenvalue weighted by atomic mass is 10.2. The Kier molecular flexibility index (Phi) is 26.5. The first-order chi connectivity index (χ1) is 11.1. The van der Waals surface area contributed by atoms with Gasteiger partial charge in [-0.05, 0) is 25.7 Å². The standard InChI is InChI=1S/2C6H13N3O2S.2BrH/c2*7-4(5(10)11)2-1-3-9-6(8)12;;/h2*4H,1-3,7H2,(H,10,11)(H3,8,9,12);2*1H. The number of carboxylic acids is 2. The zero-order chi connectivity index (χ0) is 19.1. The summed E-state index contributed by atoms with van der Waals surface area (Å²) in [6, 6.07) is -1.55. The normalized spacial score (nSPS) is 11.2. The lowest BCUT2D eigenvalue weighted by Crippen LogP contribution is -3.00. The van der Waals surface area contributed by atoms with Crippen molar-refractivity contribution in [3.05, 3.63) is 0 Å². The van der Waals surface area contributed by atoms with E-state index in [9.17, 15) is 9.59 Å². The number of thiocarbonyl (C=S) groups is 2. The number of carbonyl (C=O) groups is 2. The summed E-state index contributed by atoms with van der Waals surface area (Å²) in [5, 5.41) is 23.4. The molecular formula is C12H28Br2N6O4S2. The highest BCUT2D eigenvalue weighted by Gasteiger charge is 2.10. The molecule has 156 valence electrons. The Morgan fingerprint density at radius 1 is 0.846 bits per heavy atom. The third-order valence-corrected chi connectivity index (χ3v) is 2.95. The highest BCUT2D eigenvalue weighted by atomic mass is 79.9. The van der Waals surface area contributed by atoms with Gasteiger partial charge in [0.05, 0.1) is 0 Å². The zero-order valence-corrected chi connectivity index (χ0v) is 19.1. The molecule has 0 aliphatic heterocycles. The summed E-state index contributed by atoms with van der Waals surface area (Å²) in [6.45, 7) is 1.26. The molecule has 2 atom stereocenters. The minimum absolute atomic E-state index is 0. The summed E-state index contributed by atoms with van der Waals surface area (Å²) in [5.74, 6) is -1.93. The number of carboxylic acid groups (broad SMARTS) is 2. The van der Waals surface area contributed by atoms with Crippen LogP contribution in [-0.4, -0.2) is 57.5 Å². The molecule has 10 nitrogen and oxygen atoms in total. The van der Waals surface area contributed by atoms with Crippen LogP contribution in [0.1, 0.15) is 25.7 Å². The van der Waals surface area contributed by atoms with Crippen LogP contribution in [0.25, 0.3) is 0 Å². The monoisotopic (exact) mass is 542 g/mol. The lowest BCUT2D eigenvalue weighted by molar-refractivity contribution is -0.215. The van der Waals surface area contributed by atoms with Crippen LogP contribution in [0.3, 0.4) is 0 Å². The number of hydrogen-bond acceptors (Lipinski definition) is 6. The molecule has 0 aromatic rings. The Hall–Kier alpha value is -0.480. The molecule has 0 aromatic heterocycles. The molecule has 0 heterocycles. The number of aliphatic carboxylic acids is 2. The summed E-state index contributed by atoms with van der Waals surface area (Å²) in [5.41, 5.74) is 17.4. The van der Waals surface area contributed by atoms with E-state index in [1.54, 1.807) is 0 Å². The SMILES string of the molecule is NC(CCCNC([NH3+])=S)C(=O)O.NC(CCCNC([NH3+])=S)C(=O)O.[Br-].[Br-]. The van der Waals surface area contributed by atoms with Gasteiger partial charge in [0.2, 0.25) is 0 Å². The van der Waals surface area contributed by atoms with Crippen LogP contribution in [0.15, 0.2) is 0 Å². The van der Waals surface area contributed by atoms with Crippen molar-refractivity contribution >= 4 is 46.6 Å². The summed E-state index contributed by atoms with van der Waals surface area (Å²) >= 11 is 9.31. The van der Waals surface area contributed by atoms with Crippen molar-refractivity contribution in [3.8, 4) is 0 Å². The number of nitrogens with one attached hydrogen (secondary N) is 2. The van der Waals surface area contributed by atoms with Gasteiger partial charge in [-0.1, -0.05) is 0 Å².